The molecule has 0 bridgehead atoms. The normalized spacial score (nSPS) is 16.9. The summed E-state index contributed by atoms with van der Waals surface area (Å²) in [6.45, 7) is 8.37. The van der Waals surface area contributed by atoms with Crippen LogP contribution in [0.3, 0.4) is 0 Å². The first-order chi connectivity index (χ1) is 10.0. The molecule has 1 aliphatic rings. The van der Waals surface area contributed by atoms with Crippen LogP contribution in [0.4, 0.5) is 11.4 Å². The highest BCUT2D eigenvalue weighted by atomic mass is 79.9. The average molecular weight is 356 g/mol. The van der Waals surface area contributed by atoms with E-state index in [9.17, 15) is 10.1 Å². The zero-order valence-electron chi connectivity index (χ0n) is 12.6. The number of halogens is 1. The molecule has 1 aliphatic heterocycles. The van der Waals surface area contributed by atoms with E-state index >= 15 is 0 Å². The summed E-state index contributed by atoms with van der Waals surface area (Å²) in [5.74, 6) is 0.676. The van der Waals surface area contributed by atoms with E-state index in [4.69, 9.17) is 0 Å². The van der Waals surface area contributed by atoms with Gasteiger partial charge < -0.3 is 10.2 Å². The zero-order valence-corrected chi connectivity index (χ0v) is 14.1. The molecule has 0 saturated carbocycles. The Balaban J connectivity index is 1.95. The maximum absolute atomic E-state index is 10.9. The van der Waals surface area contributed by atoms with Gasteiger partial charge in [-0.05, 0) is 67.3 Å². The Bertz CT molecular complexity index is 514. The Hall–Kier alpha value is -1.14. The molecule has 1 heterocycles. The van der Waals surface area contributed by atoms with Gasteiger partial charge in [0.15, 0.2) is 0 Å². The fourth-order valence-corrected chi connectivity index (χ4v) is 3.24. The summed E-state index contributed by atoms with van der Waals surface area (Å²) in [6.07, 6.45) is 2.43. The molecule has 1 saturated heterocycles. The molecule has 1 fully saturated rings. The van der Waals surface area contributed by atoms with Crippen molar-refractivity contribution in [2.75, 3.05) is 31.5 Å². The lowest BCUT2D eigenvalue weighted by Crippen LogP contribution is -2.35. The monoisotopic (exact) mass is 355 g/mol. The van der Waals surface area contributed by atoms with Gasteiger partial charge in [-0.3, -0.25) is 10.1 Å². The predicted molar refractivity (Wildman–Crippen MR) is 88.9 cm³/mol. The van der Waals surface area contributed by atoms with E-state index in [1.807, 2.05) is 6.07 Å². The van der Waals surface area contributed by atoms with Gasteiger partial charge in [0.25, 0.3) is 5.69 Å². The first-order valence-electron chi connectivity index (χ1n) is 7.42. The van der Waals surface area contributed by atoms with Crippen LogP contribution in [0.25, 0.3) is 0 Å². The quantitative estimate of drug-likeness (QED) is 0.644. The Morgan fingerprint density at radius 2 is 2.10 bits per heavy atom. The molecule has 1 aromatic rings. The van der Waals surface area contributed by atoms with Gasteiger partial charge in [0.2, 0.25) is 0 Å². The van der Waals surface area contributed by atoms with Crippen LogP contribution in [-0.4, -0.2) is 36.0 Å². The van der Waals surface area contributed by atoms with Crippen molar-refractivity contribution in [1.29, 1.82) is 0 Å². The molecular weight excluding hydrogens is 334 g/mol. The summed E-state index contributed by atoms with van der Waals surface area (Å²) in [4.78, 5) is 13.0. The molecular formula is C15H22BrN3O2. The van der Waals surface area contributed by atoms with Crippen molar-refractivity contribution in [2.24, 2.45) is 5.92 Å². The van der Waals surface area contributed by atoms with Crippen LogP contribution in [0, 0.1) is 23.0 Å². The Morgan fingerprint density at radius 1 is 1.43 bits per heavy atom. The number of rotatable bonds is 5. The van der Waals surface area contributed by atoms with Gasteiger partial charge in [-0.1, -0.05) is 6.92 Å². The molecule has 21 heavy (non-hydrogen) atoms. The Labute approximate surface area is 134 Å². The predicted octanol–water partition coefficient (Wildman–Crippen LogP) is 3.81. The van der Waals surface area contributed by atoms with E-state index in [0.717, 1.165) is 23.2 Å². The summed E-state index contributed by atoms with van der Waals surface area (Å²) < 4.78 is 0.755. The number of piperidine rings is 1. The molecule has 116 valence electrons. The Kier molecular flexibility index (Phi) is 5.58. The van der Waals surface area contributed by atoms with Gasteiger partial charge in [-0.25, -0.2) is 0 Å². The van der Waals surface area contributed by atoms with E-state index in [1.54, 1.807) is 13.0 Å². The van der Waals surface area contributed by atoms with Gasteiger partial charge >= 0.3 is 0 Å². The largest absolute Gasteiger partial charge is 0.384 e. The van der Waals surface area contributed by atoms with Crippen LogP contribution in [0.15, 0.2) is 16.6 Å². The van der Waals surface area contributed by atoms with Crippen molar-refractivity contribution in [3.8, 4) is 0 Å². The third-order valence-corrected chi connectivity index (χ3v) is 4.87. The minimum absolute atomic E-state index is 0.156. The molecule has 5 nitrogen and oxygen atoms in total. The third-order valence-electron chi connectivity index (χ3n) is 4.22. The highest BCUT2D eigenvalue weighted by Crippen LogP contribution is 2.31. The van der Waals surface area contributed by atoms with Crippen molar-refractivity contribution < 1.29 is 4.92 Å². The summed E-state index contributed by atoms with van der Waals surface area (Å²) in [5, 5.41) is 14.3. The number of hydrogen-bond donors (Lipinski definition) is 1. The van der Waals surface area contributed by atoms with Crippen molar-refractivity contribution in [1.82, 2.24) is 4.90 Å². The highest BCUT2D eigenvalue weighted by molar-refractivity contribution is 9.10. The van der Waals surface area contributed by atoms with Crippen molar-refractivity contribution >= 4 is 27.3 Å². The number of benzene rings is 1. The van der Waals surface area contributed by atoms with Crippen molar-refractivity contribution in [3.05, 3.63) is 32.3 Å². The first kappa shape index (κ1) is 16.2. The molecule has 0 aliphatic carbocycles. The second kappa shape index (κ2) is 7.22. The molecule has 0 spiro atoms. The lowest BCUT2D eigenvalue weighted by Gasteiger charge is -2.31. The van der Waals surface area contributed by atoms with Crippen LogP contribution >= 0.6 is 15.9 Å². The van der Waals surface area contributed by atoms with Crippen LogP contribution < -0.4 is 5.32 Å². The fourth-order valence-electron chi connectivity index (χ4n) is 2.76. The van der Waals surface area contributed by atoms with E-state index in [-0.39, 0.29) is 10.6 Å². The van der Waals surface area contributed by atoms with Gasteiger partial charge in [-0.2, -0.15) is 0 Å². The molecule has 6 heteroatoms. The number of nitro groups is 1. The summed E-state index contributed by atoms with van der Waals surface area (Å²) in [6, 6.07) is 3.43. The number of nitrogens with one attached hydrogen (secondary N) is 1. The molecule has 0 unspecified atom stereocenters. The number of likely N-dealkylation sites (tertiary alicyclic amines) is 1. The number of aryl methyl sites for hydroxylation is 1. The smallest absolute Gasteiger partial charge is 0.273 e. The third kappa shape index (κ3) is 4.17. The molecule has 0 radical (unpaired) electrons. The van der Waals surface area contributed by atoms with E-state index in [0.29, 0.717) is 11.5 Å². The minimum atomic E-state index is -0.343. The lowest BCUT2D eigenvalue weighted by molar-refractivity contribution is -0.385. The number of hydrogen-bond acceptors (Lipinski definition) is 4. The molecule has 2 rings (SSSR count). The molecule has 1 N–H and O–H groups in total. The van der Waals surface area contributed by atoms with Crippen LogP contribution in [0.2, 0.25) is 0 Å². The van der Waals surface area contributed by atoms with Gasteiger partial charge in [0, 0.05) is 28.3 Å². The summed E-state index contributed by atoms with van der Waals surface area (Å²) in [7, 11) is 0. The van der Waals surface area contributed by atoms with E-state index in [1.165, 1.54) is 25.9 Å². The van der Waals surface area contributed by atoms with Crippen LogP contribution in [0.5, 0.6) is 0 Å². The minimum Gasteiger partial charge on any atom is -0.384 e. The van der Waals surface area contributed by atoms with Crippen molar-refractivity contribution in [3.63, 3.8) is 0 Å². The van der Waals surface area contributed by atoms with E-state index < -0.39 is 0 Å². The lowest BCUT2D eigenvalue weighted by atomic mass is 9.96. The topological polar surface area (TPSA) is 58.4 Å². The molecule has 0 aromatic heterocycles. The zero-order chi connectivity index (χ0) is 15.4. The Morgan fingerprint density at radius 3 is 2.67 bits per heavy atom. The van der Waals surface area contributed by atoms with Crippen LogP contribution in [0.1, 0.15) is 25.3 Å². The van der Waals surface area contributed by atoms with Gasteiger partial charge in [0.1, 0.15) is 0 Å². The fraction of sp³-hybridized carbons (Fsp3) is 0.600. The van der Waals surface area contributed by atoms with Gasteiger partial charge in [0.05, 0.1) is 4.92 Å². The van der Waals surface area contributed by atoms with Gasteiger partial charge in [-0.15, -0.1) is 0 Å². The number of nitrogens with zero attached hydrogens (tertiary/aromatic N) is 2. The molecule has 1 aromatic carbocycles. The maximum atomic E-state index is 10.9. The second-order valence-electron chi connectivity index (χ2n) is 5.63. The van der Waals surface area contributed by atoms with Crippen molar-refractivity contribution in [2.45, 2.75) is 26.7 Å². The van der Waals surface area contributed by atoms with Crippen LogP contribution in [-0.2, 0) is 0 Å². The number of anilines is 1. The number of nitro benzene ring substituents is 1. The molecule has 0 amide bonds. The first-order valence-corrected chi connectivity index (χ1v) is 8.21. The van der Waals surface area contributed by atoms with E-state index in [2.05, 4.69) is 33.1 Å². The summed E-state index contributed by atoms with van der Waals surface area (Å²) in [5.41, 5.74) is 1.78. The molecule has 0 atom stereocenters. The average Bonchev–Trinajstić information content (AvgIpc) is 2.48. The maximum Gasteiger partial charge on any atom is 0.273 e. The SMILES string of the molecule is CCN1CCC(CNc2cc(C)c([N+](=O)[O-])cc2Br)CC1. The summed E-state index contributed by atoms with van der Waals surface area (Å²) >= 11 is 3.42. The standard InChI is InChI=1S/C15H22BrN3O2/c1-3-18-6-4-12(5-7-18)10-17-14-8-11(2)15(19(20)21)9-13(14)16/h8-9,12,17H,3-7,10H2,1-2H3. The highest BCUT2D eigenvalue weighted by Gasteiger charge is 2.19. The second-order valence-corrected chi connectivity index (χ2v) is 6.49.